The van der Waals surface area contributed by atoms with Crippen LogP contribution in [0.3, 0.4) is 0 Å². The molecule has 2 fully saturated rings. The van der Waals surface area contributed by atoms with Gasteiger partial charge in [0, 0.05) is 0 Å². The molecule has 1 atom stereocenters. The molecular weight excluding hydrogens is 370 g/mol. The molecule has 4 rings (SSSR count). The lowest BCUT2D eigenvalue weighted by molar-refractivity contribution is 0.182. The van der Waals surface area contributed by atoms with E-state index in [9.17, 15) is 8.78 Å². The van der Waals surface area contributed by atoms with Crippen molar-refractivity contribution >= 4 is 0 Å². The Hall–Kier alpha value is -1.58. The summed E-state index contributed by atoms with van der Waals surface area (Å²) in [4.78, 5) is 0. The Bertz CT molecular complexity index is 718. The molecule has 1 aromatic carbocycles. The SMILES string of the molecule is COc1ccc(OCC2=CCC(C3CCC(CCC4CC4)CC3)CC2)c(F)c1F. The summed E-state index contributed by atoms with van der Waals surface area (Å²) in [6, 6.07) is 2.84. The second-order valence-corrected chi connectivity index (χ2v) is 9.38. The lowest BCUT2D eigenvalue weighted by Crippen LogP contribution is -2.24. The van der Waals surface area contributed by atoms with Gasteiger partial charge < -0.3 is 9.47 Å². The molecule has 2 nitrogen and oxygen atoms in total. The predicted molar refractivity (Wildman–Crippen MR) is 111 cm³/mol. The van der Waals surface area contributed by atoms with Gasteiger partial charge in [-0.25, -0.2) is 0 Å². The number of allylic oxidation sites excluding steroid dienone is 1. The molecule has 3 aliphatic carbocycles. The van der Waals surface area contributed by atoms with Crippen molar-refractivity contribution in [2.75, 3.05) is 13.7 Å². The molecule has 1 aromatic rings. The van der Waals surface area contributed by atoms with Crippen LogP contribution in [-0.4, -0.2) is 13.7 Å². The highest BCUT2D eigenvalue weighted by atomic mass is 19.2. The fourth-order valence-electron chi connectivity index (χ4n) is 5.25. The minimum Gasteiger partial charge on any atom is -0.494 e. The van der Waals surface area contributed by atoms with Crippen molar-refractivity contribution in [3.8, 4) is 11.5 Å². The molecule has 0 spiro atoms. The Morgan fingerprint density at radius 2 is 1.45 bits per heavy atom. The van der Waals surface area contributed by atoms with E-state index in [1.165, 1.54) is 82.6 Å². The van der Waals surface area contributed by atoms with Crippen LogP contribution in [0.15, 0.2) is 23.8 Å². The third-order valence-electron chi connectivity index (χ3n) is 7.43. The van der Waals surface area contributed by atoms with Gasteiger partial charge in [0.05, 0.1) is 7.11 Å². The van der Waals surface area contributed by atoms with E-state index in [4.69, 9.17) is 9.47 Å². The zero-order valence-corrected chi connectivity index (χ0v) is 17.6. The van der Waals surface area contributed by atoms with Gasteiger partial charge in [0.15, 0.2) is 11.5 Å². The summed E-state index contributed by atoms with van der Waals surface area (Å²) in [5.74, 6) is 1.60. The van der Waals surface area contributed by atoms with E-state index in [1.54, 1.807) is 0 Å². The third-order valence-corrected chi connectivity index (χ3v) is 7.43. The number of rotatable bonds is 8. The number of hydrogen-bond donors (Lipinski definition) is 0. The van der Waals surface area contributed by atoms with E-state index < -0.39 is 11.6 Å². The smallest absolute Gasteiger partial charge is 0.204 e. The number of halogens is 2. The first-order chi connectivity index (χ1) is 14.1. The summed E-state index contributed by atoms with van der Waals surface area (Å²) in [7, 11) is 1.32. The van der Waals surface area contributed by atoms with Gasteiger partial charge in [-0.1, -0.05) is 44.6 Å². The number of methoxy groups -OCH3 is 1. The maximum absolute atomic E-state index is 14.0. The lowest BCUT2D eigenvalue weighted by atomic mass is 9.70. The molecule has 4 heteroatoms. The zero-order chi connectivity index (χ0) is 20.2. The molecule has 0 saturated heterocycles. The second-order valence-electron chi connectivity index (χ2n) is 9.38. The van der Waals surface area contributed by atoms with Crippen molar-refractivity contribution < 1.29 is 18.3 Å². The molecule has 2 saturated carbocycles. The molecule has 0 radical (unpaired) electrons. The van der Waals surface area contributed by atoms with Crippen molar-refractivity contribution in [1.82, 2.24) is 0 Å². The molecule has 0 heterocycles. The minimum absolute atomic E-state index is 0.0455. The predicted octanol–water partition coefficient (Wildman–Crippen LogP) is 7.08. The molecule has 160 valence electrons. The van der Waals surface area contributed by atoms with E-state index in [1.807, 2.05) is 0 Å². The third kappa shape index (κ3) is 5.32. The van der Waals surface area contributed by atoms with Crippen molar-refractivity contribution in [2.45, 2.75) is 70.6 Å². The first-order valence-electron chi connectivity index (χ1n) is 11.5. The molecule has 29 heavy (non-hydrogen) atoms. The number of benzene rings is 1. The fraction of sp³-hybridized carbons (Fsp3) is 0.680. The van der Waals surface area contributed by atoms with E-state index in [2.05, 4.69) is 6.08 Å². The van der Waals surface area contributed by atoms with E-state index >= 15 is 0 Å². The largest absolute Gasteiger partial charge is 0.494 e. The van der Waals surface area contributed by atoms with Crippen LogP contribution in [0.25, 0.3) is 0 Å². The van der Waals surface area contributed by atoms with Gasteiger partial charge in [-0.05, 0) is 73.5 Å². The maximum Gasteiger partial charge on any atom is 0.204 e. The van der Waals surface area contributed by atoms with Crippen LogP contribution in [0, 0.1) is 35.3 Å². The molecule has 0 amide bonds. The molecular formula is C25H34F2O2. The van der Waals surface area contributed by atoms with Gasteiger partial charge in [0.2, 0.25) is 11.6 Å². The van der Waals surface area contributed by atoms with Gasteiger partial charge in [-0.3, -0.25) is 0 Å². The highest BCUT2D eigenvalue weighted by Crippen LogP contribution is 2.42. The van der Waals surface area contributed by atoms with Gasteiger partial charge in [0.25, 0.3) is 0 Å². The maximum atomic E-state index is 14.0. The van der Waals surface area contributed by atoms with Crippen LogP contribution < -0.4 is 9.47 Å². The Morgan fingerprint density at radius 1 is 0.828 bits per heavy atom. The summed E-state index contributed by atoms with van der Waals surface area (Å²) in [6.07, 6.45) is 17.2. The first-order valence-corrected chi connectivity index (χ1v) is 11.5. The van der Waals surface area contributed by atoms with Crippen molar-refractivity contribution in [3.05, 3.63) is 35.4 Å². The Labute approximate surface area is 173 Å². The fourth-order valence-corrected chi connectivity index (χ4v) is 5.25. The molecule has 1 unspecified atom stereocenters. The topological polar surface area (TPSA) is 18.5 Å². The zero-order valence-electron chi connectivity index (χ0n) is 17.6. The Balaban J connectivity index is 1.21. The van der Waals surface area contributed by atoms with Gasteiger partial charge in [0.1, 0.15) is 6.61 Å². The highest BCUT2D eigenvalue weighted by molar-refractivity contribution is 5.35. The lowest BCUT2D eigenvalue weighted by Gasteiger charge is -2.35. The monoisotopic (exact) mass is 404 g/mol. The summed E-state index contributed by atoms with van der Waals surface area (Å²) < 4.78 is 38.2. The summed E-state index contributed by atoms with van der Waals surface area (Å²) >= 11 is 0. The van der Waals surface area contributed by atoms with E-state index in [-0.39, 0.29) is 11.5 Å². The molecule has 0 aliphatic heterocycles. The van der Waals surface area contributed by atoms with Gasteiger partial charge in [-0.15, -0.1) is 0 Å². The number of hydrogen-bond acceptors (Lipinski definition) is 2. The van der Waals surface area contributed by atoms with Crippen LogP contribution >= 0.6 is 0 Å². The quantitative estimate of drug-likeness (QED) is 0.431. The van der Waals surface area contributed by atoms with Crippen molar-refractivity contribution in [1.29, 1.82) is 0 Å². The van der Waals surface area contributed by atoms with Gasteiger partial charge >= 0.3 is 0 Å². The molecule has 0 aromatic heterocycles. The Morgan fingerprint density at radius 3 is 2.03 bits per heavy atom. The van der Waals surface area contributed by atoms with Crippen molar-refractivity contribution in [3.63, 3.8) is 0 Å². The van der Waals surface area contributed by atoms with Crippen molar-refractivity contribution in [2.24, 2.45) is 23.7 Å². The van der Waals surface area contributed by atoms with E-state index in [0.29, 0.717) is 6.61 Å². The molecule has 0 bridgehead atoms. The average molecular weight is 405 g/mol. The van der Waals surface area contributed by atoms with Gasteiger partial charge in [-0.2, -0.15) is 8.78 Å². The average Bonchev–Trinajstić information content (AvgIpc) is 3.59. The highest BCUT2D eigenvalue weighted by Gasteiger charge is 2.30. The van der Waals surface area contributed by atoms with Crippen LogP contribution in [0.5, 0.6) is 11.5 Å². The normalized spacial score (nSPS) is 27.4. The standard InChI is InChI=1S/C25H34F2O2/c1-28-22-14-15-23(25(27)24(22)26)29-16-19-8-12-21(13-9-19)20-10-6-18(7-11-20)5-4-17-2-3-17/h8,14-15,17-18,20-21H,2-7,9-13,16H2,1H3. The minimum atomic E-state index is -0.990. The second kappa shape index (κ2) is 9.49. The summed E-state index contributed by atoms with van der Waals surface area (Å²) in [6.45, 7) is 0.337. The summed E-state index contributed by atoms with van der Waals surface area (Å²) in [5.41, 5.74) is 1.20. The molecule has 0 N–H and O–H groups in total. The molecule has 3 aliphatic rings. The number of ether oxygens (including phenoxy) is 2. The first kappa shape index (κ1) is 20.7. The summed E-state index contributed by atoms with van der Waals surface area (Å²) in [5, 5.41) is 0. The van der Waals surface area contributed by atoms with Crippen LogP contribution in [0.1, 0.15) is 70.6 Å². The van der Waals surface area contributed by atoms with E-state index in [0.717, 1.165) is 36.5 Å². The van der Waals surface area contributed by atoms with Crippen LogP contribution in [0.2, 0.25) is 0 Å². The Kier molecular flexibility index (Phi) is 6.77. The van der Waals surface area contributed by atoms with Crippen LogP contribution in [0.4, 0.5) is 8.78 Å². The van der Waals surface area contributed by atoms with Crippen LogP contribution in [-0.2, 0) is 0 Å².